The Balaban J connectivity index is 1.66. The van der Waals surface area contributed by atoms with Crippen LogP contribution in [-0.2, 0) is 5.41 Å². The molecule has 0 saturated heterocycles. The first-order valence-electron chi connectivity index (χ1n) is 11.8. The van der Waals surface area contributed by atoms with Crippen LogP contribution in [0.3, 0.4) is 0 Å². The first-order chi connectivity index (χ1) is 15.9. The van der Waals surface area contributed by atoms with E-state index < -0.39 is 0 Å². The molecule has 0 fully saturated rings. The minimum absolute atomic E-state index is 0.128. The molecule has 0 heteroatoms. The van der Waals surface area contributed by atoms with Gasteiger partial charge in [0.2, 0.25) is 0 Å². The fourth-order valence-corrected chi connectivity index (χ4v) is 5.19. The largest absolute Gasteiger partial charge is 0.0614 e. The molecule has 0 aliphatic heterocycles. The van der Waals surface area contributed by atoms with Crippen LogP contribution in [0.2, 0.25) is 0 Å². The number of rotatable bonds is 2. The van der Waals surface area contributed by atoms with Crippen molar-refractivity contribution in [2.75, 3.05) is 0 Å². The average Bonchev–Trinajstić information content (AvgIpc) is 2.82. The Morgan fingerprint density at radius 2 is 1.06 bits per heavy atom. The Bertz CT molecular complexity index is 1630. The number of benzene rings is 6. The van der Waals surface area contributed by atoms with Crippen molar-refractivity contribution in [3.05, 3.63) is 108 Å². The second-order valence-corrected chi connectivity index (χ2v) is 10.3. The molecule has 0 spiro atoms. The van der Waals surface area contributed by atoms with E-state index in [0.29, 0.717) is 0 Å². The first kappa shape index (κ1) is 20.0. The van der Waals surface area contributed by atoms with Gasteiger partial charge in [-0.2, -0.15) is 0 Å². The number of hydrogen-bond donors (Lipinski definition) is 0. The summed E-state index contributed by atoms with van der Waals surface area (Å²) in [7, 11) is 0. The predicted molar refractivity (Wildman–Crippen MR) is 144 cm³/mol. The van der Waals surface area contributed by atoms with E-state index in [1.807, 2.05) is 0 Å². The van der Waals surface area contributed by atoms with Crippen LogP contribution in [0.1, 0.15) is 31.9 Å². The molecule has 0 aliphatic carbocycles. The lowest BCUT2D eigenvalue weighted by atomic mass is 9.84. The van der Waals surface area contributed by atoms with Gasteiger partial charge in [-0.3, -0.25) is 0 Å². The molecule has 0 aromatic heterocycles. The highest BCUT2D eigenvalue weighted by Crippen LogP contribution is 2.42. The average molecular weight is 425 g/mol. The summed E-state index contributed by atoms with van der Waals surface area (Å²) in [6.07, 6.45) is 0. The molecule has 160 valence electrons. The zero-order chi connectivity index (χ0) is 22.7. The van der Waals surface area contributed by atoms with E-state index in [0.717, 1.165) is 0 Å². The molecule has 0 amide bonds. The summed E-state index contributed by atoms with van der Waals surface area (Å²) in [5.74, 6) is 0. The van der Waals surface area contributed by atoms with Crippen LogP contribution in [0.15, 0.2) is 97.1 Å². The van der Waals surface area contributed by atoms with Gasteiger partial charge in [-0.15, -0.1) is 0 Å². The Labute approximate surface area is 195 Å². The van der Waals surface area contributed by atoms with E-state index in [1.165, 1.54) is 65.7 Å². The minimum Gasteiger partial charge on any atom is -0.0614 e. The molecule has 0 atom stereocenters. The fourth-order valence-electron chi connectivity index (χ4n) is 5.19. The van der Waals surface area contributed by atoms with Crippen molar-refractivity contribution in [3.8, 4) is 22.3 Å². The molecule has 0 saturated carbocycles. The van der Waals surface area contributed by atoms with Crippen LogP contribution in [0.5, 0.6) is 0 Å². The van der Waals surface area contributed by atoms with E-state index in [2.05, 4.69) is 125 Å². The summed E-state index contributed by atoms with van der Waals surface area (Å²) < 4.78 is 0. The summed E-state index contributed by atoms with van der Waals surface area (Å²) in [6, 6.07) is 36.3. The molecule has 0 unspecified atom stereocenters. The van der Waals surface area contributed by atoms with Gasteiger partial charge < -0.3 is 0 Å². The van der Waals surface area contributed by atoms with Gasteiger partial charge in [0.1, 0.15) is 0 Å². The lowest BCUT2D eigenvalue weighted by Gasteiger charge is -2.21. The molecular formula is C33H28. The van der Waals surface area contributed by atoms with Gasteiger partial charge in [0.25, 0.3) is 0 Å². The SMILES string of the molecule is Cc1ccc(-c2ccc3ccc4c(-c5cccc(C(C)(C)C)c5)ccc5ccc2c3c54)cc1. The van der Waals surface area contributed by atoms with E-state index in [4.69, 9.17) is 0 Å². The summed E-state index contributed by atoms with van der Waals surface area (Å²) in [4.78, 5) is 0. The van der Waals surface area contributed by atoms with Gasteiger partial charge in [-0.1, -0.05) is 123 Å². The maximum absolute atomic E-state index is 2.36. The van der Waals surface area contributed by atoms with Crippen LogP contribution in [0, 0.1) is 6.92 Å². The molecule has 0 heterocycles. The van der Waals surface area contributed by atoms with E-state index in [-0.39, 0.29) is 5.41 Å². The Morgan fingerprint density at radius 3 is 1.64 bits per heavy atom. The predicted octanol–water partition coefficient (Wildman–Crippen LogP) is 9.52. The maximum Gasteiger partial charge on any atom is -0.00203 e. The quantitative estimate of drug-likeness (QED) is 0.243. The summed E-state index contributed by atoms with van der Waals surface area (Å²) in [6.45, 7) is 8.98. The monoisotopic (exact) mass is 424 g/mol. The second kappa shape index (κ2) is 7.18. The van der Waals surface area contributed by atoms with Crippen LogP contribution in [-0.4, -0.2) is 0 Å². The molecule has 0 nitrogen and oxygen atoms in total. The number of aryl methyl sites for hydroxylation is 1. The standard InChI is InChI=1S/C33H28/c1-21-8-10-22(11-9-21)27-16-12-23-15-19-30-28(25-6-5-7-26(20-25)33(2,3)4)17-13-24-14-18-29(27)31(23)32(24)30/h5-20H,1-4H3. The normalized spacial score (nSPS) is 12.2. The third-order valence-corrected chi connectivity index (χ3v) is 7.07. The molecule has 6 aromatic rings. The van der Waals surface area contributed by atoms with Crippen molar-refractivity contribution >= 4 is 32.3 Å². The van der Waals surface area contributed by atoms with Gasteiger partial charge in [-0.05, 0) is 72.5 Å². The molecule has 33 heavy (non-hydrogen) atoms. The van der Waals surface area contributed by atoms with Crippen molar-refractivity contribution in [2.24, 2.45) is 0 Å². The van der Waals surface area contributed by atoms with Crippen LogP contribution < -0.4 is 0 Å². The molecule has 0 bridgehead atoms. The maximum atomic E-state index is 2.36. The van der Waals surface area contributed by atoms with Crippen LogP contribution in [0.25, 0.3) is 54.6 Å². The molecule has 0 aliphatic rings. The van der Waals surface area contributed by atoms with Crippen molar-refractivity contribution in [3.63, 3.8) is 0 Å². The highest BCUT2D eigenvalue weighted by atomic mass is 14.2. The molecule has 6 rings (SSSR count). The molecule has 6 aromatic carbocycles. The van der Waals surface area contributed by atoms with Crippen LogP contribution >= 0.6 is 0 Å². The van der Waals surface area contributed by atoms with Gasteiger partial charge in [0.05, 0.1) is 0 Å². The highest BCUT2D eigenvalue weighted by Gasteiger charge is 2.17. The Kier molecular flexibility index (Phi) is 4.35. The van der Waals surface area contributed by atoms with Crippen molar-refractivity contribution in [1.82, 2.24) is 0 Å². The van der Waals surface area contributed by atoms with Gasteiger partial charge in [0.15, 0.2) is 0 Å². The van der Waals surface area contributed by atoms with Crippen molar-refractivity contribution in [2.45, 2.75) is 33.1 Å². The van der Waals surface area contributed by atoms with Crippen LogP contribution in [0.4, 0.5) is 0 Å². The molecule has 0 radical (unpaired) electrons. The third kappa shape index (κ3) is 3.21. The lowest BCUT2D eigenvalue weighted by Crippen LogP contribution is -2.10. The van der Waals surface area contributed by atoms with E-state index >= 15 is 0 Å². The molecular weight excluding hydrogens is 396 g/mol. The zero-order valence-corrected chi connectivity index (χ0v) is 19.7. The fraction of sp³-hybridized carbons (Fsp3) is 0.152. The summed E-state index contributed by atoms with van der Waals surface area (Å²) in [5.41, 5.74) is 7.96. The Morgan fingerprint density at radius 1 is 0.515 bits per heavy atom. The van der Waals surface area contributed by atoms with Gasteiger partial charge >= 0.3 is 0 Å². The van der Waals surface area contributed by atoms with E-state index in [9.17, 15) is 0 Å². The summed E-state index contributed by atoms with van der Waals surface area (Å²) >= 11 is 0. The first-order valence-corrected chi connectivity index (χ1v) is 11.8. The van der Waals surface area contributed by atoms with Gasteiger partial charge in [0, 0.05) is 0 Å². The molecule has 0 N–H and O–H groups in total. The zero-order valence-electron chi connectivity index (χ0n) is 19.7. The number of hydrogen-bond acceptors (Lipinski definition) is 0. The topological polar surface area (TPSA) is 0 Å². The second-order valence-electron chi connectivity index (χ2n) is 10.3. The van der Waals surface area contributed by atoms with E-state index in [1.54, 1.807) is 0 Å². The minimum atomic E-state index is 0.128. The van der Waals surface area contributed by atoms with Crippen molar-refractivity contribution < 1.29 is 0 Å². The smallest absolute Gasteiger partial charge is 0.00203 e. The third-order valence-electron chi connectivity index (χ3n) is 7.07. The lowest BCUT2D eigenvalue weighted by molar-refractivity contribution is 0.590. The Hall–Kier alpha value is -3.64. The van der Waals surface area contributed by atoms with Gasteiger partial charge in [-0.25, -0.2) is 0 Å². The highest BCUT2D eigenvalue weighted by molar-refractivity contribution is 6.27. The van der Waals surface area contributed by atoms with Crippen molar-refractivity contribution in [1.29, 1.82) is 0 Å². The summed E-state index contributed by atoms with van der Waals surface area (Å²) in [5, 5.41) is 8.02.